The maximum atomic E-state index is 3.43. The van der Waals surface area contributed by atoms with Crippen molar-refractivity contribution in [1.82, 2.24) is 0 Å². The molecule has 0 nitrogen and oxygen atoms in total. The molecule has 0 aromatic heterocycles. The van der Waals surface area contributed by atoms with Gasteiger partial charge in [-0.25, -0.2) is 0 Å². The molecule has 0 saturated carbocycles. The summed E-state index contributed by atoms with van der Waals surface area (Å²) in [5, 5.41) is 0. The third kappa shape index (κ3) is 18.1. The minimum atomic E-state index is 1.14. The van der Waals surface area contributed by atoms with Crippen LogP contribution in [0.25, 0.3) is 0 Å². The molecule has 0 atom stereocenters. The molecule has 0 spiro atoms. The lowest BCUT2D eigenvalue weighted by molar-refractivity contribution is 0.522. The normalized spacial score (nSPS) is 25.3. The van der Waals surface area contributed by atoms with Gasteiger partial charge in [0.15, 0.2) is 0 Å². The zero-order chi connectivity index (χ0) is 17.7. The predicted octanol–water partition coefficient (Wildman–Crippen LogP) is 9.11. The Kier molecular flexibility index (Phi) is 17.8. The number of allylic oxidation sites excluding steroid dienone is 4. The monoisotopic (exact) mass is 345 g/mol. The summed E-state index contributed by atoms with van der Waals surface area (Å²) in [7, 11) is 0. The van der Waals surface area contributed by atoms with E-state index in [0.717, 1.165) is 6.42 Å². The molecule has 1 rings (SSSR count). The van der Waals surface area contributed by atoms with E-state index in [1.807, 2.05) is 0 Å². The van der Waals surface area contributed by atoms with Gasteiger partial charge in [0.25, 0.3) is 0 Å². The van der Waals surface area contributed by atoms with E-state index in [1.165, 1.54) is 128 Å². The summed E-state index contributed by atoms with van der Waals surface area (Å²) in [5.74, 6) is 0. The second kappa shape index (κ2) is 19.8. The zero-order valence-electron chi connectivity index (χ0n) is 17.1. The standard InChI is InChI=1S/C25H45/c1-2-4-6-8-10-12-14-16-18-20-22-24-25-23-21-19-17-15-13-11-9-7-5-3-1/h1-3H,4,6-25H2/b2-1+,5-3?. The zero-order valence-corrected chi connectivity index (χ0v) is 17.1. The summed E-state index contributed by atoms with van der Waals surface area (Å²) in [6.45, 7) is 0. The van der Waals surface area contributed by atoms with Crippen molar-refractivity contribution in [2.24, 2.45) is 0 Å². The summed E-state index contributed by atoms with van der Waals surface area (Å²) < 4.78 is 0. The van der Waals surface area contributed by atoms with Gasteiger partial charge in [-0.1, -0.05) is 127 Å². The van der Waals surface area contributed by atoms with E-state index in [1.54, 1.807) is 0 Å². The molecule has 1 aliphatic rings. The summed E-state index contributed by atoms with van der Waals surface area (Å²) in [4.78, 5) is 0. The minimum absolute atomic E-state index is 1.14. The highest BCUT2D eigenvalue weighted by molar-refractivity contribution is 4.98. The van der Waals surface area contributed by atoms with Gasteiger partial charge in [-0.15, -0.1) is 0 Å². The van der Waals surface area contributed by atoms with Crippen LogP contribution in [0.5, 0.6) is 0 Å². The molecule has 0 heteroatoms. The van der Waals surface area contributed by atoms with Gasteiger partial charge in [0, 0.05) is 0 Å². The molecule has 0 unspecified atom stereocenters. The molecular formula is C25H45. The lowest BCUT2D eigenvalue weighted by atomic mass is 10.0. The van der Waals surface area contributed by atoms with Crippen molar-refractivity contribution in [2.45, 2.75) is 135 Å². The van der Waals surface area contributed by atoms with Gasteiger partial charge < -0.3 is 0 Å². The van der Waals surface area contributed by atoms with Crippen molar-refractivity contribution in [3.63, 3.8) is 0 Å². The SMILES string of the molecule is [C]1=C/C=C/CCCCCCCCCCCCCCCCCCCCC/1. The van der Waals surface area contributed by atoms with Crippen LogP contribution in [-0.2, 0) is 0 Å². The first-order valence-corrected chi connectivity index (χ1v) is 11.7. The van der Waals surface area contributed by atoms with Gasteiger partial charge in [-0.3, -0.25) is 0 Å². The van der Waals surface area contributed by atoms with Crippen LogP contribution in [0.15, 0.2) is 18.2 Å². The molecular weight excluding hydrogens is 300 g/mol. The molecule has 0 amide bonds. The van der Waals surface area contributed by atoms with Gasteiger partial charge in [0.1, 0.15) is 0 Å². The molecule has 0 bridgehead atoms. The first kappa shape index (κ1) is 22.5. The first-order chi connectivity index (χ1) is 12.5. The number of hydrogen-bond acceptors (Lipinski definition) is 0. The highest BCUT2D eigenvalue weighted by Crippen LogP contribution is 2.15. The molecule has 145 valence electrons. The molecule has 1 aliphatic carbocycles. The maximum Gasteiger partial charge on any atom is -0.0276 e. The van der Waals surface area contributed by atoms with Crippen LogP contribution in [0.4, 0.5) is 0 Å². The third-order valence-corrected chi connectivity index (χ3v) is 5.54. The first-order valence-electron chi connectivity index (χ1n) is 11.7. The Morgan fingerprint density at radius 3 is 1.20 bits per heavy atom. The second-order valence-electron chi connectivity index (χ2n) is 8.06. The van der Waals surface area contributed by atoms with Crippen LogP contribution in [0.2, 0.25) is 0 Å². The van der Waals surface area contributed by atoms with Gasteiger partial charge in [0.05, 0.1) is 0 Å². The van der Waals surface area contributed by atoms with Crippen molar-refractivity contribution in [1.29, 1.82) is 0 Å². The lowest BCUT2D eigenvalue weighted by Crippen LogP contribution is -1.84. The topological polar surface area (TPSA) is 0 Å². The van der Waals surface area contributed by atoms with Crippen LogP contribution in [0.3, 0.4) is 0 Å². The van der Waals surface area contributed by atoms with Crippen molar-refractivity contribution in [3.05, 3.63) is 24.3 Å². The Labute approximate surface area is 159 Å². The Morgan fingerprint density at radius 1 is 0.400 bits per heavy atom. The van der Waals surface area contributed by atoms with Crippen molar-refractivity contribution < 1.29 is 0 Å². The quantitative estimate of drug-likeness (QED) is 0.410. The molecule has 0 N–H and O–H groups in total. The maximum absolute atomic E-state index is 3.43. The van der Waals surface area contributed by atoms with Crippen molar-refractivity contribution in [3.8, 4) is 0 Å². The largest absolute Gasteiger partial charge is 0.0845 e. The Balaban J connectivity index is 2.09. The van der Waals surface area contributed by atoms with E-state index in [0.29, 0.717) is 0 Å². The summed E-state index contributed by atoms with van der Waals surface area (Å²) in [5.41, 5.74) is 0. The van der Waals surface area contributed by atoms with Crippen molar-refractivity contribution in [2.75, 3.05) is 0 Å². The van der Waals surface area contributed by atoms with Crippen LogP contribution >= 0.6 is 0 Å². The minimum Gasteiger partial charge on any atom is -0.0845 e. The number of rotatable bonds is 0. The Morgan fingerprint density at radius 2 is 0.760 bits per heavy atom. The fourth-order valence-electron chi connectivity index (χ4n) is 3.81. The number of hydrogen-bond donors (Lipinski definition) is 0. The fraction of sp³-hybridized carbons (Fsp3) is 0.840. The van der Waals surface area contributed by atoms with E-state index < -0.39 is 0 Å². The molecule has 0 saturated heterocycles. The van der Waals surface area contributed by atoms with Crippen LogP contribution < -0.4 is 0 Å². The van der Waals surface area contributed by atoms with Gasteiger partial charge in [0.2, 0.25) is 0 Å². The van der Waals surface area contributed by atoms with Crippen LogP contribution in [0, 0.1) is 6.08 Å². The summed E-state index contributed by atoms with van der Waals surface area (Å²) >= 11 is 0. The summed E-state index contributed by atoms with van der Waals surface area (Å²) in [6, 6.07) is 0. The lowest BCUT2D eigenvalue weighted by Gasteiger charge is -2.04. The fourth-order valence-corrected chi connectivity index (χ4v) is 3.81. The van der Waals surface area contributed by atoms with E-state index in [9.17, 15) is 0 Å². The molecule has 0 aromatic rings. The Hall–Kier alpha value is -0.520. The van der Waals surface area contributed by atoms with E-state index in [4.69, 9.17) is 0 Å². The second-order valence-corrected chi connectivity index (χ2v) is 8.06. The molecule has 0 fully saturated rings. The van der Waals surface area contributed by atoms with E-state index >= 15 is 0 Å². The van der Waals surface area contributed by atoms with E-state index in [2.05, 4.69) is 24.3 Å². The van der Waals surface area contributed by atoms with Crippen molar-refractivity contribution >= 4 is 0 Å². The van der Waals surface area contributed by atoms with Gasteiger partial charge in [-0.05, 0) is 31.8 Å². The van der Waals surface area contributed by atoms with Gasteiger partial charge in [-0.2, -0.15) is 0 Å². The highest BCUT2D eigenvalue weighted by Gasteiger charge is 1.95. The average Bonchev–Trinajstić information content (AvgIpc) is 2.62. The van der Waals surface area contributed by atoms with Crippen LogP contribution in [0.1, 0.15) is 135 Å². The molecule has 25 heavy (non-hydrogen) atoms. The predicted molar refractivity (Wildman–Crippen MR) is 114 cm³/mol. The summed E-state index contributed by atoms with van der Waals surface area (Å²) in [6.07, 6.45) is 40.0. The van der Waals surface area contributed by atoms with Gasteiger partial charge >= 0.3 is 0 Å². The Bertz CT molecular complexity index is 269. The molecule has 1 radical (unpaired) electrons. The molecule has 0 aliphatic heterocycles. The highest BCUT2D eigenvalue weighted by atomic mass is 14.0. The third-order valence-electron chi connectivity index (χ3n) is 5.54. The molecule has 0 aromatic carbocycles. The van der Waals surface area contributed by atoms with Crippen LogP contribution in [-0.4, -0.2) is 0 Å². The molecule has 0 heterocycles. The smallest absolute Gasteiger partial charge is 0.0276 e. The average molecular weight is 346 g/mol. The van der Waals surface area contributed by atoms with E-state index in [-0.39, 0.29) is 0 Å².